The van der Waals surface area contributed by atoms with Crippen LogP contribution in [0.5, 0.6) is 0 Å². The van der Waals surface area contributed by atoms with Crippen molar-refractivity contribution in [2.45, 2.75) is 6.54 Å². The number of nitrogens with zero attached hydrogens (tertiary/aromatic N) is 2. The maximum atomic E-state index is 6.31. The molecule has 0 amide bonds. The van der Waals surface area contributed by atoms with E-state index in [1.165, 1.54) is 5.56 Å². The Bertz CT molecular complexity index is 794. The molecule has 0 saturated heterocycles. The SMILES string of the molecule is CN(C)c1c(Cl)cccc1NCc1cccc2cccnc12. The minimum absolute atomic E-state index is 0.704. The van der Waals surface area contributed by atoms with E-state index in [9.17, 15) is 0 Å². The summed E-state index contributed by atoms with van der Waals surface area (Å²) in [7, 11) is 3.98. The van der Waals surface area contributed by atoms with E-state index in [1.54, 1.807) is 0 Å². The molecule has 0 unspecified atom stereocenters. The molecule has 0 spiro atoms. The van der Waals surface area contributed by atoms with E-state index in [0.29, 0.717) is 6.54 Å². The van der Waals surface area contributed by atoms with Crippen LogP contribution in [0.3, 0.4) is 0 Å². The molecule has 3 rings (SSSR count). The summed E-state index contributed by atoms with van der Waals surface area (Å²) in [4.78, 5) is 6.51. The lowest BCUT2D eigenvalue weighted by Gasteiger charge is -2.20. The maximum Gasteiger partial charge on any atom is 0.0786 e. The highest BCUT2D eigenvalue weighted by atomic mass is 35.5. The van der Waals surface area contributed by atoms with E-state index in [0.717, 1.165) is 27.3 Å². The molecule has 0 saturated carbocycles. The summed E-state index contributed by atoms with van der Waals surface area (Å²) in [6.45, 7) is 0.704. The van der Waals surface area contributed by atoms with E-state index < -0.39 is 0 Å². The highest BCUT2D eigenvalue weighted by molar-refractivity contribution is 6.34. The van der Waals surface area contributed by atoms with E-state index in [-0.39, 0.29) is 0 Å². The van der Waals surface area contributed by atoms with Gasteiger partial charge in [-0.1, -0.05) is 41.9 Å². The molecule has 1 N–H and O–H groups in total. The molecule has 3 nitrogen and oxygen atoms in total. The van der Waals surface area contributed by atoms with Crippen molar-refractivity contribution >= 4 is 33.9 Å². The molecule has 2 aromatic carbocycles. The number of pyridine rings is 1. The molecule has 0 atom stereocenters. The van der Waals surface area contributed by atoms with Gasteiger partial charge in [0, 0.05) is 32.2 Å². The first-order valence-electron chi connectivity index (χ1n) is 7.19. The van der Waals surface area contributed by atoms with Crippen molar-refractivity contribution < 1.29 is 0 Å². The summed E-state index contributed by atoms with van der Waals surface area (Å²) < 4.78 is 0. The van der Waals surface area contributed by atoms with Gasteiger partial charge < -0.3 is 10.2 Å². The maximum absolute atomic E-state index is 6.31. The number of halogens is 1. The van der Waals surface area contributed by atoms with Crippen LogP contribution in [0.4, 0.5) is 11.4 Å². The highest BCUT2D eigenvalue weighted by Crippen LogP contribution is 2.33. The number of para-hydroxylation sites is 2. The number of nitrogens with one attached hydrogen (secondary N) is 1. The van der Waals surface area contributed by atoms with Crippen LogP contribution in [0, 0.1) is 0 Å². The van der Waals surface area contributed by atoms with Crippen LogP contribution in [-0.4, -0.2) is 19.1 Å². The second-order valence-electron chi connectivity index (χ2n) is 5.38. The van der Waals surface area contributed by atoms with Crippen molar-refractivity contribution in [3.8, 4) is 0 Å². The molecule has 1 heterocycles. The molecule has 0 aliphatic rings. The Morgan fingerprint density at radius 3 is 2.64 bits per heavy atom. The Morgan fingerprint density at radius 1 is 1.05 bits per heavy atom. The Hall–Kier alpha value is -2.26. The van der Waals surface area contributed by atoms with E-state index in [1.807, 2.05) is 49.5 Å². The number of aromatic nitrogens is 1. The first-order chi connectivity index (χ1) is 10.7. The fraction of sp³-hybridized carbons (Fsp3) is 0.167. The Kier molecular flexibility index (Phi) is 4.16. The fourth-order valence-corrected chi connectivity index (χ4v) is 2.96. The molecular weight excluding hydrogens is 294 g/mol. The predicted molar refractivity (Wildman–Crippen MR) is 94.8 cm³/mol. The number of rotatable bonds is 4. The molecule has 0 radical (unpaired) electrons. The van der Waals surface area contributed by atoms with Crippen LogP contribution in [0.2, 0.25) is 5.02 Å². The lowest BCUT2D eigenvalue weighted by Crippen LogP contribution is -2.13. The molecule has 22 heavy (non-hydrogen) atoms. The third kappa shape index (κ3) is 2.85. The normalized spacial score (nSPS) is 10.7. The zero-order chi connectivity index (χ0) is 15.5. The van der Waals surface area contributed by atoms with Crippen molar-refractivity contribution in [1.29, 1.82) is 0 Å². The lowest BCUT2D eigenvalue weighted by molar-refractivity contribution is 1.10. The van der Waals surface area contributed by atoms with Crippen LogP contribution in [0.15, 0.2) is 54.7 Å². The largest absolute Gasteiger partial charge is 0.379 e. The van der Waals surface area contributed by atoms with Gasteiger partial charge in [-0.3, -0.25) is 4.98 Å². The number of benzene rings is 2. The van der Waals surface area contributed by atoms with Gasteiger partial charge in [0.05, 0.1) is 21.9 Å². The smallest absolute Gasteiger partial charge is 0.0786 e. The Morgan fingerprint density at radius 2 is 1.82 bits per heavy atom. The fourth-order valence-electron chi connectivity index (χ4n) is 2.61. The van der Waals surface area contributed by atoms with Crippen molar-refractivity contribution in [2.24, 2.45) is 0 Å². The molecule has 0 aliphatic carbocycles. The van der Waals surface area contributed by atoms with Gasteiger partial charge >= 0.3 is 0 Å². The topological polar surface area (TPSA) is 28.2 Å². The molecular formula is C18H18ClN3. The van der Waals surface area contributed by atoms with Crippen LogP contribution in [0.1, 0.15) is 5.56 Å². The van der Waals surface area contributed by atoms with Gasteiger partial charge in [-0.05, 0) is 23.8 Å². The van der Waals surface area contributed by atoms with Gasteiger partial charge in [0.25, 0.3) is 0 Å². The third-order valence-electron chi connectivity index (χ3n) is 3.62. The quantitative estimate of drug-likeness (QED) is 0.765. The van der Waals surface area contributed by atoms with Gasteiger partial charge in [0.1, 0.15) is 0 Å². The molecule has 112 valence electrons. The van der Waals surface area contributed by atoms with E-state index in [4.69, 9.17) is 11.6 Å². The first-order valence-corrected chi connectivity index (χ1v) is 7.57. The molecule has 4 heteroatoms. The van der Waals surface area contributed by atoms with Crippen LogP contribution in [-0.2, 0) is 6.54 Å². The molecule has 0 aliphatic heterocycles. The molecule has 0 bridgehead atoms. The highest BCUT2D eigenvalue weighted by Gasteiger charge is 2.09. The van der Waals surface area contributed by atoms with Crippen molar-refractivity contribution in [3.63, 3.8) is 0 Å². The Balaban J connectivity index is 1.91. The van der Waals surface area contributed by atoms with Crippen molar-refractivity contribution in [1.82, 2.24) is 4.98 Å². The second kappa shape index (κ2) is 6.24. The van der Waals surface area contributed by atoms with Crippen LogP contribution in [0.25, 0.3) is 10.9 Å². The van der Waals surface area contributed by atoms with Crippen molar-refractivity contribution in [2.75, 3.05) is 24.3 Å². The average molecular weight is 312 g/mol. The zero-order valence-electron chi connectivity index (χ0n) is 12.7. The Labute approximate surface area is 135 Å². The standard InChI is InChI=1S/C18H18ClN3/c1-22(2)18-15(19)9-4-10-16(18)21-12-14-7-3-6-13-8-5-11-20-17(13)14/h3-11,21H,12H2,1-2H3. The zero-order valence-corrected chi connectivity index (χ0v) is 13.4. The van der Waals surface area contributed by atoms with E-state index >= 15 is 0 Å². The summed E-state index contributed by atoms with van der Waals surface area (Å²) in [5.41, 5.74) is 4.22. The van der Waals surface area contributed by atoms with Gasteiger partial charge in [-0.15, -0.1) is 0 Å². The average Bonchev–Trinajstić information content (AvgIpc) is 2.52. The van der Waals surface area contributed by atoms with Crippen molar-refractivity contribution in [3.05, 3.63) is 65.3 Å². The summed E-state index contributed by atoms with van der Waals surface area (Å²) in [5.74, 6) is 0. The summed E-state index contributed by atoms with van der Waals surface area (Å²) >= 11 is 6.31. The van der Waals surface area contributed by atoms with Gasteiger partial charge in [0.15, 0.2) is 0 Å². The molecule has 3 aromatic rings. The second-order valence-corrected chi connectivity index (χ2v) is 5.78. The summed E-state index contributed by atoms with van der Waals surface area (Å²) in [5, 5.41) is 5.37. The first kappa shape index (κ1) is 14.7. The summed E-state index contributed by atoms with van der Waals surface area (Å²) in [6.07, 6.45) is 1.83. The minimum atomic E-state index is 0.704. The monoisotopic (exact) mass is 311 g/mol. The number of fused-ring (bicyclic) bond motifs is 1. The lowest BCUT2D eigenvalue weighted by atomic mass is 10.1. The number of anilines is 2. The van der Waals surface area contributed by atoms with Crippen LogP contribution < -0.4 is 10.2 Å². The molecule has 0 fully saturated rings. The molecule has 1 aromatic heterocycles. The van der Waals surface area contributed by atoms with E-state index in [2.05, 4.69) is 34.6 Å². The van der Waals surface area contributed by atoms with Gasteiger partial charge in [0.2, 0.25) is 0 Å². The minimum Gasteiger partial charge on any atom is -0.379 e. The third-order valence-corrected chi connectivity index (χ3v) is 3.92. The van der Waals surface area contributed by atoms with Gasteiger partial charge in [-0.25, -0.2) is 0 Å². The number of hydrogen-bond acceptors (Lipinski definition) is 3. The summed E-state index contributed by atoms with van der Waals surface area (Å²) in [6, 6.07) is 16.2. The number of hydrogen-bond donors (Lipinski definition) is 1. The predicted octanol–water partition coefficient (Wildman–Crippen LogP) is 4.57. The van der Waals surface area contributed by atoms with Gasteiger partial charge in [-0.2, -0.15) is 0 Å². The van der Waals surface area contributed by atoms with Crippen LogP contribution >= 0.6 is 11.6 Å².